The molecule has 20 heavy (non-hydrogen) atoms. The lowest BCUT2D eigenvalue weighted by Gasteiger charge is -2.02. The molecule has 0 fully saturated rings. The van der Waals surface area contributed by atoms with Gasteiger partial charge >= 0.3 is 0 Å². The van der Waals surface area contributed by atoms with Crippen LogP contribution in [-0.4, -0.2) is 10.2 Å². The standard InChI is InChI=1S/C12H6Br4N2O2/c13-7-1-5(2-8(14)11(7)19)17-18-6-3-9(15)12(20)10(16)4-6/h1-4,19-20H. The molecule has 0 spiro atoms. The number of benzene rings is 2. The van der Waals surface area contributed by atoms with Crippen LogP contribution >= 0.6 is 63.7 Å². The number of phenolic OH excluding ortho intramolecular Hbond substituents is 2. The molecule has 2 aromatic rings. The molecule has 4 nitrogen and oxygen atoms in total. The first-order valence-corrected chi connectivity index (χ1v) is 8.33. The Bertz CT molecular complexity index is 598. The lowest BCUT2D eigenvalue weighted by molar-refractivity contribution is 0.468. The Labute approximate surface area is 148 Å². The van der Waals surface area contributed by atoms with E-state index < -0.39 is 0 Å². The van der Waals surface area contributed by atoms with Crippen LogP contribution in [-0.2, 0) is 0 Å². The van der Waals surface area contributed by atoms with Crippen LogP contribution in [0.15, 0.2) is 52.4 Å². The van der Waals surface area contributed by atoms with Gasteiger partial charge in [0, 0.05) is 0 Å². The van der Waals surface area contributed by atoms with Gasteiger partial charge in [-0.25, -0.2) is 0 Å². The summed E-state index contributed by atoms with van der Waals surface area (Å²) in [6, 6.07) is 6.59. The van der Waals surface area contributed by atoms with Crippen molar-refractivity contribution in [3.8, 4) is 11.5 Å². The molecule has 0 aliphatic carbocycles. The predicted molar refractivity (Wildman–Crippen MR) is 91.2 cm³/mol. The van der Waals surface area contributed by atoms with Crippen LogP contribution in [0.5, 0.6) is 11.5 Å². The minimum absolute atomic E-state index is 0.110. The van der Waals surface area contributed by atoms with Gasteiger partial charge in [-0.3, -0.25) is 0 Å². The fraction of sp³-hybridized carbons (Fsp3) is 0. The topological polar surface area (TPSA) is 65.2 Å². The zero-order valence-electron chi connectivity index (χ0n) is 9.61. The van der Waals surface area contributed by atoms with Crippen LogP contribution in [0, 0.1) is 0 Å². The lowest BCUT2D eigenvalue weighted by atomic mass is 10.3. The molecule has 0 aliphatic heterocycles. The normalized spacial score (nSPS) is 11.2. The second-order valence-electron chi connectivity index (χ2n) is 3.72. The monoisotopic (exact) mass is 526 g/mol. The number of rotatable bonds is 2. The largest absolute Gasteiger partial charge is 0.506 e. The number of hydrogen-bond donors (Lipinski definition) is 2. The molecule has 0 saturated heterocycles. The summed E-state index contributed by atoms with van der Waals surface area (Å²) in [5.41, 5.74) is 1.14. The molecule has 104 valence electrons. The van der Waals surface area contributed by atoms with Gasteiger partial charge < -0.3 is 10.2 Å². The van der Waals surface area contributed by atoms with E-state index in [4.69, 9.17) is 0 Å². The SMILES string of the molecule is Oc1c(Br)cc(N=Nc2cc(Br)c(O)c(Br)c2)cc1Br. The van der Waals surface area contributed by atoms with Crippen molar-refractivity contribution in [2.75, 3.05) is 0 Å². The number of aromatic hydroxyl groups is 2. The first-order valence-electron chi connectivity index (χ1n) is 5.16. The molecule has 2 N–H and O–H groups in total. The molecule has 0 radical (unpaired) electrons. The first kappa shape index (κ1) is 15.9. The van der Waals surface area contributed by atoms with Crippen molar-refractivity contribution in [1.82, 2.24) is 0 Å². The summed E-state index contributed by atoms with van der Waals surface area (Å²) in [6.45, 7) is 0. The Morgan fingerprint density at radius 2 is 0.850 bits per heavy atom. The fourth-order valence-electron chi connectivity index (χ4n) is 1.34. The fourth-order valence-corrected chi connectivity index (χ4v) is 3.66. The summed E-state index contributed by atoms with van der Waals surface area (Å²) >= 11 is 12.9. The molecule has 0 unspecified atom stereocenters. The zero-order valence-corrected chi connectivity index (χ0v) is 16.0. The lowest BCUT2D eigenvalue weighted by Crippen LogP contribution is -1.74. The zero-order chi connectivity index (χ0) is 14.9. The third-order valence-corrected chi connectivity index (χ3v) is 4.70. The molecule has 0 atom stereocenters. The summed E-state index contributed by atoms with van der Waals surface area (Å²) in [7, 11) is 0. The molecule has 0 aromatic heterocycles. The number of hydrogen-bond acceptors (Lipinski definition) is 4. The van der Waals surface area contributed by atoms with Gasteiger partial charge in [0.15, 0.2) is 0 Å². The summed E-state index contributed by atoms with van der Waals surface area (Å²) in [4.78, 5) is 0. The minimum atomic E-state index is 0.110. The van der Waals surface area contributed by atoms with E-state index in [2.05, 4.69) is 73.9 Å². The molecule has 0 saturated carbocycles. The van der Waals surface area contributed by atoms with E-state index in [1.165, 1.54) is 0 Å². The molecule has 0 aliphatic rings. The van der Waals surface area contributed by atoms with Gasteiger partial charge in [0.2, 0.25) is 0 Å². The van der Waals surface area contributed by atoms with Crippen molar-refractivity contribution in [3.05, 3.63) is 42.2 Å². The number of halogens is 4. The molecule has 0 bridgehead atoms. The van der Waals surface area contributed by atoms with Gasteiger partial charge in [-0.2, -0.15) is 10.2 Å². The molecule has 0 amide bonds. The highest BCUT2D eigenvalue weighted by Gasteiger charge is 2.07. The molecular formula is C12H6Br4N2O2. The highest BCUT2D eigenvalue weighted by atomic mass is 79.9. The van der Waals surface area contributed by atoms with E-state index in [1.54, 1.807) is 24.3 Å². The van der Waals surface area contributed by atoms with Gasteiger partial charge in [-0.15, -0.1) is 0 Å². The van der Waals surface area contributed by atoms with E-state index >= 15 is 0 Å². The van der Waals surface area contributed by atoms with Crippen molar-refractivity contribution in [1.29, 1.82) is 0 Å². The van der Waals surface area contributed by atoms with E-state index in [9.17, 15) is 10.2 Å². The Morgan fingerprint density at radius 1 is 0.600 bits per heavy atom. The maximum Gasteiger partial charge on any atom is 0.144 e. The van der Waals surface area contributed by atoms with Crippen LogP contribution in [0.4, 0.5) is 11.4 Å². The van der Waals surface area contributed by atoms with E-state index in [0.717, 1.165) is 0 Å². The van der Waals surface area contributed by atoms with Gasteiger partial charge in [0.05, 0.1) is 29.3 Å². The van der Waals surface area contributed by atoms with E-state index in [0.29, 0.717) is 29.3 Å². The third kappa shape index (κ3) is 3.60. The maximum absolute atomic E-state index is 9.61. The summed E-state index contributed by atoms with van der Waals surface area (Å²) in [5, 5.41) is 27.4. The van der Waals surface area contributed by atoms with Gasteiger partial charge in [0.1, 0.15) is 11.5 Å². The number of phenols is 2. The maximum atomic E-state index is 9.61. The average molecular weight is 530 g/mol. The van der Waals surface area contributed by atoms with Gasteiger partial charge in [0.25, 0.3) is 0 Å². The van der Waals surface area contributed by atoms with Crippen molar-refractivity contribution >= 4 is 75.1 Å². The summed E-state index contributed by atoms with van der Waals surface area (Å²) < 4.78 is 2.09. The Morgan fingerprint density at radius 3 is 1.10 bits per heavy atom. The minimum Gasteiger partial charge on any atom is -0.506 e. The summed E-state index contributed by atoms with van der Waals surface area (Å²) in [6.07, 6.45) is 0. The smallest absolute Gasteiger partial charge is 0.144 e. The van der Waals surface area contributed by atoms with Gasteiger partial charge in [-0.1, -0.05) is 0 Å². The number of nitrogens with zero attached hydrogens (tertiary/aromatic N) is 2. The Balaban J connectivity index is 2.35. The highest BCUT2D eigenvalue weighted by Crippen LogP contribution is 2.38. The Hall–Kier alpha value is -0.440. The van der Waals surface area contributed by atoms with Crippen molar-refractivity contribution in [2.24, 2.45) is 10.2 Å². The van der Waals surface area contributed by atoms with Gasteiger partial charge in [-0.05, 0) is 88.0 Å². The quantitative estimate of drug-likeness (QED) is 0.433. The number of azo groups is 1. The van der Waals surface area contributed by atoms with E-state index in [1.807, 2.05) is 0 Å². The predicted octanol–water partition coefficient (Wildman–Crippen LogP) is 6.56. The molecule has 0 heterocycles. The molecule has 2 aromatic carbocycles. The average Bonchev–Trinajstić information content (AvgIpc) is 2.39. The van der Waals surface area contributed by atoms with Crippen molar-refractivity contribution in [3.63, 3.8) is 0 Å². The van der Waals surface area contributed by atoms with E-state index in [-0.39, 0.29) is 11.5 Å². The van der Waals surface area contributed by atoms with Crippen LogP contribution in [0.25, 0.3) is 0 Å². The van der Waals surface area contributed by atoms with Crippen LogP contribution < -0.4 is 0 Å². The second-order valence-corrected chi connectivity index (χ2v) is 7.13. The highest BCUT2D eigenvalue weighted by molar-refractivity contribution is 9.11. The van der Waals surface area contributed by atoms with Crippen molar-refractivity contribution in [2.45, 2.75) is 0 Å². The molecular weight excluding hydrogens is 524 g/mol. The van der Waals surface area contributed by atoms with Crippen molar-refractivity contribution < 1.29 is 10.2 Å². The Kier molecular flexibility index (Phi) is 5.22. The molecule has 8 heteroatoms. The second kappa shape index (κ2) is 6.55. The summed E-state index contributed by atoms with van der Waals surface area (Å²) in [5.74, 6) is 0.221. The first-order chi connectivity index (χ1) is 9.38. The van der Waals surface area contributed by atoms with Crippen LogP contribution in [0.1, 0.15) is 0 Å². The van der Waals surface area contributed by atoms with Crippen LogP contribution in [0.3, 0.4) is 0 Å². The van der Waals surface area contributed by atoms with Crippen LogP contribution in [0.2, 0.25) is 0 Å². The molecule has 2 rings (SSSR count). The third-order valence-electron chi connectivity index (χ3n) is 2.28.